The quantitative estimate of drug-likeness (QED) is 0.0817. The molecule has 8 N–H and O–H groups in total. The van der Waals surface area contributed by atoms with E-state index in [1.165, 1.54) is 34.9 Å². The van der Waals surface area contributed by atoms with Crippen LogP contribution in [0.4, 0.5) is 0 Å². The first-order chi connectivity index (χ1) is 35.6. The van der Waals surface area contributed by atoms with Crippen molar-refractivity contribution >= 4 is 53.0 Å². The number of Topliss-reactive ketones (excluding diaryl/α,β-unsaturated/α-hetero) is 1. The average molecular weight is 1030 g/mol. The van der Waals surface area contributed by atoms with Crippen molar-refractivity contribution in [2.75, 3.05) is 27.2 Å². The largest absolute Gasteiger partial charge is 0.348 e. The van der Waals surface area contributed by atoms with Gasteiger partial charge in [-0.3, -0.25) is 38.4 Å². The summed E-state index contributed by atoms with van der Waals surface area (Å²) in [4.78, 5) is 127. The molecule has 10 atom stereocenters. The molecule has 1 aliphatic carbocycles. The highest BCUT2D eigenvalue weighted by Gasteiger charge is 2.47. The number of carbonyl (C=O) groups excluding carboxylic acids is 9. The number of nitrogens with one attached hydrogen (secondary N) is 8. The number of benzene rings is 3. The molecular formula is C56H76N10O9. The van der Waals surface area contributed by atoms with Gasteiger partial charge < -0.3 is 57.1 Å². The minimum Gasteiger partial charge on any atom is -0.348 e. The lowest BCUT2D eigenvalue weighted by molar-refractivity contribution is -0.144. The number of hydrogen-bond donors (Lipinski definition) is 8. The summed E-state index contributed by atoms with van der Waals surface area (Å²) in [6, 6.07) is 15.7. The minimum atomic E-state index is -1.14. The van der Waals surface area contributed by atoms with E-state index >= 15 is 0 Å². The predicted octanol–water partition coefficient (Wildman–Crippen LogP) is 2.76. The standard InChI is InChI=1S/C56H76N10O9/c1-32(67)25-26-44(63-48(68)34(3)57-8)54(74)65-30-40(28-45(65)52(72)59-33(2)36-17-11-10-12-18-36)60-50(70)38-21-15-22-39(27-38)51(71)61-41-29-46(53(73)62-43-24-16-20-37-19-13-14-23-42(37)43)66(31-41)55(75)47(56(5,6)7)64-49(69)35(4)58-9/h10-15,17-19,21-23,27,33-35,40-41,43-47,57-58H,16,20,24-26,28-31H2,1-9H3,(H,59,72)(H,60,70)(H,61,71)(H,62,73)(H,63,68)(H,64,69)/t33-,34+,35+,40+,41+,43-,44+,45?,46+,47-/m1/s1. The van der Waals surface area contributed by atoms with Crippen LogP contribution < -0.4 is 42.5 Å². The zero-order valence-electron chi connectivity index (χ0n) is 44.7. The van der Waals surface area contributed by atoms with Crippen LogP contribution >= 0.6 is 0 Å². The third-order valence-corrected chi connectivity index (χ3v) is 14.6. The summed E-state index contributed by atoms with van der Waals surface area (Å²) in [7, 11) is 3.24. The number of ketones is 1. The lowest BCUT2D eigenvalue weighted by Crippen LogP contribution is -2.59. The molecule has 0 saturated carbocycles. The minimum absolute atomic E-state index is 0.00127. The Morgan fingerprint density at radius 1 is 0.640 bits per heavy atom. The van der Waals surface area contributed by atoms with Crippen LogP contribution in [0.5, 0.6) is 0 Å². The van der Waals surface area contributed by atoms with E-state index < -0.39 is 95.2 Å². The first kappa shape index (κ1) is 57.3. The summed E-state index contributed by atoms with van der Waals surface area (Å²) in [5.74, 6) is -4.05. The molecule has 0 aromatic heterocycles. The summed E-state index contributed by atoms with van der Waals surface area (Å²) in [5, 5.41) is 23.5. The van der Waals surface area contributed by atoms with Crippen molar-refractivity contribution in [3.05, 3.63) is 107 Å². The van der Waals surface area contributed by atoms with Crippen LogP contribution in [0.2, 0.25) is 0 Å². The van der Waals surface area contributed by atoms with Crippen molar-refractivity contribution < 1.29 is 43.2 Å². The van der Waals surface area contributed by atoms with Crippen LogP contribution in [-0.2, 0) is 40.0 Å². The summed E-state index contributed by atoms with van der Waals surface area (Å²) < 4.78 is 0. The molecule has 6 rings (SSSR count). The van der Waals surface area contributed by atoms with Gasteiger partial charge in [0, 0.05) is 42.7 Å². The highest BCUT2D eigenvalue weighted by atomic mass is 16.2. The van der Waals surface area contributed by atoms with Gasteiger partial charge in [-0.1, -0.05) is 81.4 Å². The van der Waals surface area contributed by atoms with Crippen molar-refractivity contribution in [1.29, 1.82) is 0 Å². The molecule has 3 aliphatic rings. The van der Waals surface area contributed by atoms with Crippen LogP contribution in [-0.4, -0.2) is 138 Å². The first-order valence-electron chi connectivity index (χ1n) is 26.1. The molecule has 1 unspecified atom stereocenters. The van der Waals surface area contributed by atoms with Crippen LogP contribution in [0.3, 0.4) is 0 Å². The molecule has 404 valence electrons. The summed E-state index contributed by atoms with van der Waals surface area (Å²) in [6.45, 7) is 11.9. The van der Waals surface area contributed by atoms with Gasteiger partial charge >= 0.3 is 0 Å². The van der Waals surface area contributed by atoms with E-state index in [2.05, 4.69) is 48.6 Å². The topological polar surface area (TPSA) is 256 Å². The van der Waals surface area contributed by atoms with Gasteiger partial charge in [-0.05, 0) is 121 Å². The Balaban J connectivity index is 1.20. The lowest BCUT2D eigenvalue weighted by Gasteiger charge is -2.36. The predicted molar refractivity (Wildman–Crippen MR) is 283 cm³/mol. The molecule has 3 aromatic rings. The zero-order valence-corrected chi connectivity index (χ0v) is 44.7. The Labute approximate surface area is 440 Å². The Hall–Kier alpha value is -6.99. The maximum Gasteiger partial charge on any atom is 0.251 e. The second-order valence-electron chi connectivity index (χ2n) is 21.3. The summed E-state index contributed by atoms with van der Waals surface area (Å²) >= 11 is 0. The number of carbonyl (C=O) groups is 9. The normalized spacial score (nSPS) is 21.3. The summed E-state index contributed by atoms with van der Waals surface area (Å²) in [5.41, 5.74) is 2.50. The van der Waals surface area contributed by atoms with Gasteiger partial charge in [0.2, 0.25) is 35.4 Å². The maximum atomic E-state index is 14.7. The highest BCUT2D eigenvalue weighted by molar-refractivity contribution is 6.01. The fourth-order valence-electron chi connectivity index (χ4n) is 9.96. The lowest BCUT2D eigenvalue weighted by atomic mass is 9.85. The van der Waals surface area contributed by atoms with E-state index in [9.17, 15) is 43.2 Å². The highest BCUT2D eigenvalue weighted by Crippen LogP contribution is 2.32. The van der Waals surface area contributed by atoms with E-state index in [-0.39, 0.29) is 73.5 Å². The van der Waals surface area contributed by atoms with Gasteiger partial charge in [-0.2, -0.15) is 0 Å². The van der Waals surface area contributed by atoms with E-state index in [0.717, 1.165) is 36.0 Å². The van der Waals surface area contributed by atoms with Crippen LogP contribution in [0.15, 0.2) is 78.9 Å². The number of likely N-dealkylation sites (tertiary alicyclic amines) is 2. The molecule has 0 radical (unpaired) electrons. The van der Waals surface area contributed by atoms with Crippen molar-refractivity contribution in [2.24, 2.45) is 5.41 Å². The molecule has 2 aliphatic heterocycles. The van der Waals surface area contributed by atoms with Gasteiger partial charge in [0.05, 0.1) is 24.2 Å². The summed E-state index contributed by atoms with van der Waals surface area (Å²) in [6.07, 6.45) is 2.59. The molecule has 0 spiro atoms. The molecule has 75 heavy (non-hydrogen) atoms. The monoisotopic (exact) mass is 1030 g/mol. The molecule has 2 fully saturated rings. The number of rotatable bonds is 20. The second-order valence-corrected chi connectivity index (χ2v) is 21.3. The van der Waals surface area contributed by atoms with Crippen molar-refractivity contribution in [2.45, 2.75) is 154 Å². The first-order valence-corrected chi connectivity index (χ1v) is 26.1. The van der Waals surface area contributed by atoms with Gasteiger partial charge in [-0.25, -0.2) is 0 Å². The van der Waals surface area contributed by atoms with Crippen molar-refractivity contribution in [1.82, 2.24) is 52.3 Å². The Bertz CT molecular complexity index is 2590. The third kappa shape index (κ3) is 14.7. The molecular weight excluding hydrogens is 957 g/mol. The average Bonchev–Trinajstić information content (AvgIpc) is 4.03. The van der Waals surface area contributed by atoms with Crippen molar-refractivity contribution in [3.8, 4) is 0 Å². The van der Waals surface area contributed by atoms with Crippen LogP contribution in [0, 0.1) is 5.41 Å². The third-order valence-electron chi connectivity index (χ3n) is 14.6. The number of aryl methyl sites for hydroxylation is 1. The SMILES string of the molecule is CN[C@@H](C)C(=O)N[C@@H](CCC(C)=O)C(=O)N1C[C@@H](NC(=O)c2cccc(C(=O)N[C@H]3C[C@@H](C(=O)N[C@@H]4CCCc5ccccc54)N(C(=O)[C@@H](NC(=O)[C@H](C)NC)C(C)(C)C)C3)c2)CC1C(=O)N[C@H](C)c1ccccc1. The number of amides is 8. The molecule has 8 amide bonds. The van der Waals surface area contributed by atoms with E-state index in [0.29, 0.717) is 0 Å². The fourth-order valence-corrected chi connectivity index (χ4v) is 9.96. The van der Waals surface area contributed by atoms with Crippen molar-refractivity contribution in [3.63, 3.8) is 0 Å². The van der Waals surface area contributed by atoms with Gasteiger partial charge in [0.1, 0.15) is 30.0 Å². The van der Waals surface area contributed by atoms with Crippen LogP contribution in [0.1, 0.15) is 136 Å². The smallest absolute Gasteiger partial charge is 0.251 e. The second kappa shape index (κ2) is 25.5. The molecule has 2 saturated heterocycles. The van der Waals surface area contributed by atoms with Gasteiger partial charge in [0.25, 0.3) is 11.8 Å². The fraction of sp³-hybridized carbons (Fsp3) is 0.518. The van der Waals surface area contributed by atoms with E-state index in [4.69, 9.17) is 0 Å². The Morgan fingerprint density at radius 3 is 1.76 bits per heavy atom. The molecule has 0 bridgehead atoms. The van der Waals surface area contributed by atoms with Gasteiger partial charge in [-0.15, -0.1) is 0 Å². The number of hydrogen-bond acceptors (Lipinski definition) is 11. The van der Waals surface area contributed by atoms with Crippen LogP contribution in [0.25, 0.3) is 0 Å². The number of nitrogens with zero attached hydrogens (tertiary/aromatic N) is 2. The molecule has 19 heteroatoms. The molecule has 2 heterocycles. The van der Waals surface area contributed by atoms with E-state index in [1.807, 2.05) is 76.2 Å². The molecule has 3 aromatic carbocycles. The Kier molecular flexibility index (Phi) is 19.5. The zero-order chi connectivity index (χ0) is 54.7. The van der Waals surface area contributed by atoms with E-state index in [1.54, 1.807) is 34.0 Å². The maximum absolute atomic E-state index is 14.7. The Morgan fingerprint density at radius 2 is 1.19 bits per heavy atom. The van der Waals surface area contributed by atoms with Gasteiger partial charge in [0.15, 0.2) is 0 Å². The number of fused-ring (bicyclic) bond motifs is 1. The number of likely N-dealkylation sites (N-methyl/N-ethyl adjacent to an activating group) is 2. The molecule has 19 nitrogen and oxygen atoms in total.